The van der Waals surface area contributed by atoms with Crippen LogP contribution in [0.25, 0.3) is 10.8 Å². The van der Waals surface area contributed by atoms with E-state index in [1.807, 2.05) is 12.1 Å². The van der Waals surface area contributed by atoms with Crippen LogP contribution in [-0.2, 0) is 5.33 Å². The molecule has 0 atom stereocenters. The molecule has 13 heavy (non-hydrogen) atoms. The van der Waals surface area contributed by atoms with Crippen molar-refractivity contribution in [1.82, 2.24) is 0 Å². The Morgan fingerprint density at radius 2 is 1.69 bits per heavy atom. The molecule has 0 unspecified atom stereocenters. The number of aromatic hydroxyl groups is 1. The molecule has 1 N–H and O–H groups in total. The van der Waals surface area contributed by atoms with Crippen LogP contribution in [0.3, 0.4) is 0 Å². The van der Waals surface area contributed by atoms with E-state index in [2.05, 4.69) is 28.1 Å². The maximum absolute atomic E-state index is 9.25. The molecule has 2 aromatic rings. The summed E-state index contributed by atoms with van der Waals surface area (Å²) in [6, 6.07) is 11.6. The van der Waals surface area contributed by atoms with Crippen molar-refractivity contribution < 1.29 is 5.11 Å². The highest BCUT2D eigenvalue weighted by Gasteiger charge is 1.96. The maximum Gasteiger partial charge on any atom is 0.116 e. The van der Waals surface area contributed by atoms with Crippen molar-refractivity contribution in [2.45, 2.75) is 5.33 Å². The van der Waals surface area contributed by atoms with Gasteiger partial charge in [-0.15, -0.1) is 0 Å². The Hall–Kier alpha value is -1.02. The molecule has 0 aliphatic carbocycles. The summed E-state index contributed by atoms with van der Waals surface area (Å²) in [5.74, 6) is 0.319. The third kappa shape index (κ3) is 1.68. The highest BCUT2D eigenvalue weighted by molar-refractivity contribution is 9.08. The molecule has 0 aliphatic rings. The molecule has 0 aliphatic heterocycles. The number of rotatable bonds is 1. The fourth-order valence-corrected chi connectivity index (χ4v) is 1.71. The van der Waals surface area contributed by atoms with Crippen LogP contribution in [0.4, 0.5) is 0 Å². The number of halogens is 1. The second-order valence-corrected chi connectivity index (χ2v) is 3.56. The smallest absolute Gasteiger partial charge is 0.116 e. The van der Waals surface area contributed by atoms with Gasteiger partial charge in [0.1, 0.15) is 5.75 Å². The minimum Gasteiger partial charge on any atom is -0.508 e. The number of phenols is 1. The molecule has 0 aromatic heterocycles. The van der Waals surface area contributed by atoms with Crippen LogP contribution in [0.5, 0.6) is 5.75 Å². The van der Waals surface area contributed by atoms with Gasteiger partial charge in [-0.05, 0) is 28.5 Å². The van der Waals surface area contributed by atoms with Crippen molar-refractivity contribution in [3.05, 3.63) is 42.0 Å². The van der Waals surface area contributed by atoms with E-state index in [9.17, 15) is 5.11 Å². The molecule has 2 rings (SSSR count). The van der Waals surface area contributed by atoms with E-state index in [0.29, 0.717) is 5.75 Å². The van der Waals surface area contributed by atoms with E-state index in [4.69, 9.17) is 0 Å². The Morgan fingerprint density at radius 3 is 2.46 bits per heavy atom. The molecule has 0 radical (unpaired) electrons. The van der Waals surface area contributed by atoms with Gasteiger partial charge in [-0.2, -0.15) is 0 Å². The van der Waals surface area contributed by atoms with Crippen LogP contribution < -0.4 is 0 Å². The molecule has 0 bridgehead atoms. The second-order valence-electron chi connectivity index (χ2n) is 3.00. The molecule has 0 saturated carbocycles. The molecule has 1 nitrogen and oxygen atoms in total. The van der Waals surface area contributed by atoms with E-state index in [0.717, 1.165) is 16.1 Å². The zero-order valence-corrected chi connectivity index (χ0v) is 8.58. The van der Waals surface area contributed by atoms with Crippen molar-refractivity contribution >= 4 is 26.7 Å². The first-order chi connectivity index (χ1) is 6.29. The summed E-state index contributed by atoms with van der Waals surface area (Å²) in [6.07, 6.45) is 0. The first kappa shape index (κ1) is 8.57. The molecule has 0 heterocycles. The van der Waals surface area contributed by atoms with Gasteiger partial charge in [-0.1, -0.05) is 40.2 Å². The van der Waals surface area contributed by atoms with Gasteiger partial charge in [0.2, 0.25) is 0 Å². The standard InChI is InChI=1S/C11H9BrO/c12-7-8-1-2-10-6-11(13)4-3-9(10)5-8/h1-6,13H,7H2. The predicted octanol–water partition coefficient (Wildman–Crippen LogP) is 3.44. The monoisotopic (exact) mass is 236 g/mol. The number of fused-ring (bicyclic) bond motifs is 1. The van der Waals surface area contributed by atoms with Crippen LogP contribution in [-0.4, -0.2) is 5.11 Å². The number of phenolic OH excluding ortho intramolecular Hbond substituents is 1. The summed E-state index contributed by atoms with van der Waals surface area (Å²) >= 11 is 3.41. The molecule has 0 fully saturated rings. The third-order valence-electron chi connectivity index (χ3n) is 2.04. The maximum atomic E-state index is 9.25. The zero-order chi connectivity index (χ0) is 9.26. The fraction of sp³-hybridized carbons (Fsp3) is 0.0909. The number of alkyl halides is 1. The highest BCUT2D eigenvalue weighted by atomic mass is 79.9. The van der Waals surface area contributed by atoms with Gasteiger partial charge in [-0.3, -0.25) is 0 Å². The minimum absolute atomic E-state index is 0.319. The average molecular weight is 237 g/mol. The number of benzene rings is 2. The third-order valence-corrected chi connectivity index (χ3v) is 2.69. The number of hydrogen-bond acceptors (Lipinski definition) is 1. The summed E-state index contributed by atoms with van der Waals surface area (Å²) in [7, 11) is 0. The topological polar surface area (TPSA) is 20.2 Å². The van der Waals surface area contributed by atoms with E-state index in [1.165, 1.54) is 5.56 Å². The second kappa shape index (κ2) is 3.38. The van der Waals surface area contributed by atoms with Gasteiger partial charge >= 0.3 is 0 Å². The molecular formula is C11H9BrO. The molecule has 0 spiro atoms. The first-order valence-corrected chi connectivity index (χ1v) is 5.19. The summed E-state index contributed by atoms with van der Waals surface area (Å²) in [5.41, 5.74) is 1.25. The molecular weight excluding hydrogens is 228 g/mol. The molecule has 0 saturated heterocycles. The lowest BCUT2D eigenvalue weighted by molar-refractivity contribution is 0.476. The van der Waals surface area contributed by atoms with Gasteiger partial charge in [0.15, 0.2) is 0 Å². The number of hydrogen-bond donors (Lipinski definition) is 1. The largest absolute Gasteiger partial charge is 0.508 e. The lowest BCUT2D eigenvalue weighted by Crippen LogP contribution is -1.78. The van der Waals surface area contributed by atoms with Crippen LogP contribution in [0.1, 0.15) is 5.56 Å². The lowest BCUT2D eigenvalue weighted by Gasteiger charge is -2.00. The quantitative estimate of drug-likeness (QED) is 0.753. The summed E-state index contributed by atoms with van der Waals surface area (Å²) in [4.78, 5) is 0. The molecule has 2 heteroatoms. The molecule has 66 valence electrons. The SMILES string of the molecule is Oc1ccc2cc(CBr)ccc2c1. The van der Waals surface area contributed by atoms with Crippen molar-refractivity contribution in [2.75, 3.05) is 0 Å². The van der Waals surface area contributed by atoms with Gasteiger partial charge < -0.3 is 5.11 Å². The highest BCUT2D eigenvalue weighted by Crippen LogP contribution is 2.21. The van der Waals surface area contributed by atoms with E-state index in [1.54, 1.807) is 12.1 Å². The Kier molecular flexibility index (Phi) is 2.23. The van der Waals surface area contributed by atoms with Crippen LogP contribution >= 0.6 is 15.9 Å². The Bertz CT molecular complexity index is 437. The first-order valence-electron chi connectivity index (χ1n) is 4.07. The summed E-state index contributed by atoms with van der Waals surface area (Å²) < 4.78 is 0. The fourth-order valence-electron chi connectivity index (χ4n) is 1.37. The normalized spacial score (nSPS) is 10.5. The van der Waals surface area contributed by atoms with Gasteiger partial charge in [-0.25, -0.2) is 0 Å². The Labute approximate surface area is 85.1 Å². The summed E-state index contributed by atoms with van der Waals surface area (Å²) in [5, 5.41) is 12.3. The van der Waals surface area contributed by atoms with Crippen molar-refractivity contribution in [3.63, 3.8) is 0 Å². The van der Waals surface area contributed by atoms with Gasteiger partial charge in [0.05, 0.1) is 0 Å². The van der Waals surface area contributed by atoms with Crippen LogP contribution in [0.15, 0.2) is 36.4 Å². The van der Waals surface area contributed by atoms with Crippen LogP contribution in [0.2, 0.25) is 0 Å². The predicted molar refractivity (Wildman–Crippen MR) is 58.2 cm³/mol. The average Bonchev–Trinajstić information content (AvgIpc) is 2.17. The van der Waals surface area contributed by atoms with Crippen molar-refractivity contribution in [2.24, 2.45) is 0 Å². The van der Waals surface area contributed by atoms with E-state index >= 15 is 0 Å². The van der Waals surface area contributed by atoms with Crippen molar-refractivity contribution in [1.29, 1.82) is 0 Å². The van der Waals surface area contributed by atoms with Crippen LogP contribution in [0, 0.1) is 0 Å². The zero-order valence-electron chi connectivity index (χ0n) is 7.00. The minimum atomic E-state index is 0.319. The Morgan fingerprint density at radius 1 is 1.00 bits per heavy atom. The molecule has 0 amide bonds. The lowest BCUT2D eigenvalue weighted by atomic mass is 10.1. The van der Waals surface area contributed by atoms with E-state index < -0.39 is 0 Å². The van der Waals surface area contributed by atoms with Gasteiger partial charge in [0.25, 0.3) is 0 Å². The van der Waals surface area contributed by atoms with E-state index in [-0.39, 0.29) is 0 Å². The van der Waals surface area contributed by atoms with Gasteiger partial charge in [0, 0.05) is 5.33 Å². The summed E-state index contributed by atoms with van der Waals surface area (Å²) in [6.45, 7) is 0. The molecule has 2 aromatic carbocycles. The Balaban J connectivity index is 2.66. The van der Waals surface area contributed by atoms with Crippen molar-refractivity contribution in [3.8, 4) is 5.75 Å².